The van der Waals surface area contributed by atoms with E-state index in [0.717, 1.165) is 0 Å². The van der Waals surface area contributed by atoms with Gasteiger partial charge in [0, 0.05) is 11.1 Å². The van der Waals surface area contributed by atoms with Gasteiger partial charge >= 0.3 is 0 Å². The minimum absolute atomic E-state index is 0.0756. The second kappa shape index (κ2) is 7.90. The number of ether oxygens (including phenoxy) is 2. The first-order chi connectivity index (χ1) is 13.9. The van der Waals surface area contributed by atoms with Crippen LogP contribution in [-0.4, -0.2) is 5.78 Å². The number of halogens is 3. The lowest BCUT2D eigenvalue weighted by Gasteiger charge is -2.12. The first kappa shape index (κ1) is 19.5. The summed E-state index contributed by atoms with van der Waals surface area (Å²) in [7, 11) is 0. The lowest BCUT2D eigenvalue weighted by atomic mass is 10.1. The van der Waals surface area contributed by atoms with Crippen molar-refractivity contribution in [2.24, 2.45) is 0 Å². The van der Waals surface area contributed by atoms with Crippen molar-refractivity contribution in [2.75, 3.05) is 0 Å². The molecule has 1 aliphatic rings. The van der Waals surface area contributed by atoms with Crippen molar-refractivity contribution in [3.05, 3.63) is 98.5 Å². The van der Waals surface area contributed by atoms with Crippen LogP contribution >= 0.6 is 23.2 Å². The van der Waals surface area contributed by atoms with Gasteiger partial charge in [0.15, 0.2) is 5.76 Å². The molecule has 0 unspecified atom stereocenters. The molecule has 0 bridgehead atoms. The van der Waals surface area contributed by atoms with Crippen molar-refractivity contribution < 1.29 is 18.7 Å². The summed E-state index contributed by atoms with van der Waals surface area (Å²) in [6.07, 6.45) is 1.61. The zero-order valence-electron chi connectivity index (χ0n) is 15.3. The maximum atomic E-state index is 13.8. The van der Waals surface area contributed by atoms with Gasteiger partial charge in [0.1, 0.15) is 23.9 Å². The molecule has 4 rings (SSSR count). The summed E-state index contributed by atoms with van der Waals surface area (Å²) in [5.41, 5.74) is 2.27. The molecule has 3 aromatic rings. The number of carbonyl (C=O) groups is 1. The number of rotatable bonds is 4. The van der Waals surface area contributed by atoms with E-state index >= 15 is 0 Å². The zero-order valence-corrected chi connectivity index (χ0v) is 16.9. The van der Waals surface area contributed by atoms with Crippen LogP contribution in [0.25, 0.3) is 6.08 Å². The predicted molar refractivity (Wildman–Crippen MR) is 111 cm³/mol. The third-order valence-electron chi connectivity index (χ3n) is 4.62. The van der Waals surface area contributed by atoms with Crippen LogP contribution in [0.5, 0.6) is 11.5 Å². The van der Waals surface area contributed by atoms with E-state index in [1.165, 1.54) is 6.07 Å². The highest BCUT2D eigenvalue weighted by atomic mass is 35.5. The molecule has 0 spiro atoms. The third-order valence-corrected chi connectivity index (χ3v) is 5.36. The summed E-state index contributed by atoms with van der Waals surface area (Å²) in [6, 6.07) is 14.8. The predicted octanol–water partition coefficient (Wildman–Crippen LogP) is 6.64. The van der Waals surface area contributed by atoms with Crippen molar-refractivity contribution >= 4 is 35.1 Å². The molecule has 146 valence electrons. The van der Waals surface area contributed by atoms with Crippen molar-refractivity contribution in [2.45, 2.75) is 13.5 Å². The average molecular weight is 429 g/mol. The highest BCUT2D eigenvalue weighted by Crippen LogP contribution is 2.39. The smallest absolute Gasteiger partial charge is 0.231 e. The Morgan fingerprint density at radius 3 is 2.62 bits per heavy atom. The molecule has 0 aromatic heterocycles. The second-order valence-electron chi connectivity index (χ2n) is 6.56. The van der Waals surface area contributed by atoms with Crippen LogP contribution in [0.4, 0.5) is 4.39 Å². The van der Waals surface area contributed by atoms with Crippen molar-refractivity contribution in [1.82, 2.24) is 0 Å². The third kappa shape index (κ3) is 3.86. The lowest BCUT2D eigenvalue weighted by molar-refractivity contribution is 0.101. The van der Waals surface area contributed by atoms with Crippen LogP contribution in [0.3, 0.4) is 0 Å². The molecule has 0 amide bonds. The molecule has 0 N–H and O–H groups in total. The molecule has 29 heavy (non-hydrogen) atoms. The number of ketones is 1. The Labute approximate surface area is 177 Å². The maximum absolute atomic E-state index is 13.8. The fraction of sp³-hybridized carbons (Fsp3) is 0.0870. The maximum Gasteiger partial charge on any atom is 0.231 e. The zero-order chi connectivity index (χ0) is 20.5. The highest BCUT2D eigenvalue weighted by molar-refractivity contribution is 6.42. The van der Waals surface area contributed by atoms with Gasteiger partial charge in [-0.25, -0.2) is 4.39 Å². The molecule has 0 radical (unpaired) electrons. The summed E-state index contributed by atoms with van der Waals surface area (Å²) < 4.78 is 25.4. The summed E-state index contributed by atoms with van der Waals surface area (Å²) in [5, 5.41) is 0.826. The van der Waals surface area contributed by atoms with Crippen LogP contribution in [0.15, 0.2) is 60.4 Å². The molecule has 0 atom stereocenters. The molecule has 0 aliphatic carbocycles. The highest BCUT2D eigenvalue weighted by Gasteiger charge is 2.30. The number of hydrogen-bond acceptors (Lipinski definition) is 3. The normalized spacial score (nSPS) is 14.1. The van der Waals surface area contributed by atoms with E-state index in [2.05, 4.69) is 0 Å². The summed E-state index contributed by atoms with van der Waals surface area (Å²) in [4.78, 5) is 12.7. The molecular formula is C23H15Cl2FO3. The monoisotopic (exact) mass is 428 g/mol. The van der Waals surface area contributed by atoms with Crippen LogP contribution < -0.4 is 9.47 Å². The van der Waals surface area contributed by atoms with E-state index < -0.39 is 0 Å². The number of Topliss-reactive ketones (excluding diaryl/α,β-unsaturated/α-hetero) is 1. The van der Waals surface area contributed by atoms with Gasteiger partial charge in [-0.3, -0.25) is 4.79 Å². The molecule has 0 fully saturated rings. The van der Waals surface area contributed by atoms with Crippen molar-refractivity contribution in [3.63, 3.8) is 0 Å². The van der Waals surface area contributed by atoms with Gasteiger partial charge in [-0.05, 0) is 48.9 Å². The van der Waals surface area contributed by atoms with E-state index in [9.17, 15) is 9.18 Å². The van der Waals surface area contributed by atoms with Gasteiger partial charge < -0.3 is 9.47 Å². The van der Waals surface area contributed by atoms with Crippen molar-refractivity contribution in [3.8, 4) is 11.5 Å². The molecule has 1 aliphatic heterocycles. The topological polar surface area (TPSA) is 35.5 Å². The van der Waals surface area contributed by atoms with E-state index in [4.69, 9.17) is 32.7 Å². The first-order valence-corrected chi connectivity index (χ1v) is 9.59. The van der Waals surface area contributed by atoms with E-state index in [1.54, 1.807) is 61.5 Å². The van der Waals surface area contributed by atoms with Gasteiger partial charge in [0.05, 0.1) is 15.6 Å². The minimum atomic E-state index is -0.329. The van der Waals surface area contributed by atoms with Crippen LogP contribution in [-0.2, 0) is 6.61 Å². The Balaban J connectivity index is 1.59. The van der Waals surface area contributed by atoms with E-state index in [0.29, 0.717) is 43.8 Å². The minimum Gasteiger partial charge on any atom is -0.488 e. The Kier molecular flexibility index (Phi) is 5.31. The van der Waals surface area contributed by atoms with Crippen LogP contribution in [0, 0.1) is 12.7 Å². The molecule has 0 saturated heterocycles. The molecular weight excluding hydrogens is 414 g/mol. The van der Waals surface area contributed by atoms with Gasteiger partial charge in [0.2, 0.25) is 5.78 Å². The molecule has 0 saturated carbocycles. The molecule has 6 heteroatoms. The number of benzene rings is 3. The number of allylic oxidation sites excluding steroid dienone is 1. The van der Waals surface area contributed by atoms with E-state index in [1.807, 2.05) is 0 Å². The SMILES string of the molecule is Cc1c(OCc2ccccc2F)ccc2c1O/C(=C\c1ccc(Cl)c(Cl)c1)C2=O. The average Bonchev–Trinajstić information content (AvgIpc) is 3.02. The number of hydrogen-bond donors (Lipinski definition) is 0. The van der Waals surface area contributed by atoms with Crippen LogP contribution in [0.2, 0.25) is 10.0 Å². The number of carbonyl (C=O) groups excluding carboxylic acids is 1. The lowest BCUT2D eigenvalue weighted by Crippen LogP contribution is -2.00. The molecule has 3 nitrogen and oxygen atoms in total. The fourth-order valence-corrected chi connectivity index (χ4v) is 3.36. The van der Waals surface area contributed by atoms with Gasteiger partial charge in [-0.1, -0.05) is 47.5 Å². The van der Waals surface area contributed by atoms with Gasteiger partial charge in [-0.2, -0.15) is 0 Å². The summed E-state index contributed by atoms with van der Waals surface area (Å²) >= 11 is 12.0. The molecule has 3 aromatic carbocycles. The van der Waals surface area contributed by atoms with Crippen molar-refractivity contribution in [1.29, 1.82) is 0 Å². The Morgan fingerprint density at radius 2 is 1.86 bits per heavy atom. The summed E-state index contributed by atoms with van der Waals surface area (Å²) in [6.45, 7) is 1.87. The van der Waals surface area contributed by atoms with Gasteiger partial charge in [0.25, 0.3) is 0 Å². The summed E-state index contributed by atoms with van der Waals surface area (Å²) in [5.74, 6) is 0.593. The second-order valence-corrected chi connectivity index (χ2v) is 7.37. The van der Waals surface area contributed by atoms with Crippen LogP contribution in [0.1, 0.15) is 27.0 Å². The first-order valence-electron chi connectivity index (χ1n) is 8.83. The Bertz CT molecular complexity index is 1150. The fourth-order valence-electron chi connectivity index (χ4n) is 3.05. The largest absolute Gasteiger partial charge is 0.488 e. The van der Waals surface area contributed by atoms with Gasteiger partial charge in [-0.15, -0.1) is 0 Å². The number of fused-ring (bicyclic) bond motifs is 1. The quantitative estimate of drug-likeness (QED) is 0.437. The standard InChI is InChI=1S/C23H15Cl2FO3/c1-13-20(28-12-15-4-2-3-5-19(15)26)9-7-16-22(27)21(29-23(13)16)11-14-6-8-17(24)18(25)10-14/h2-11H,12H2,1H3/b21-11-. The van der Waals surface area contributed by atoms with E-state index in [-0.39, 0.29) is 24.0 Å². The Morgan fingerprint density at radius 1 is 1.07 bits per heavy atom. The Hall–Kier alpha value is -2.82. The molecule has 1 heterocycles.